The molecule has 1 heterocycles. The van der Waals surface area contributed by atoms with E-state index in [4.69, 9.17) is 9.47 Å². The maximum Gasteiger partial charge on any atom is 0.335 e. The van der Waals surface area contributed by atoms with Crippen molar-refractivity contribution in [3.63, 3.8) is 0 Å². The Kier molecular flexibility index (Phi) is 7.17. The first-order valence-electron chi connectivity index (χ1n) is 9.53. The van der Waals surface area contributed by atoms with Crippen LogP contribution in [0.5, 0.6) is 11.5 Å². The van der Waals surface area contributed by atoms with E-state index in [2.05, 4.69) is 37.2 Å². The monoisotopic (exact) mass is 550 g/mol. The second-order valence-electron chi connectivity index (χ2n) is 6.58. The normalized spacial score (nSPS) is 15.3. The number of hydrogen-bond donors (Lipinski definition) is 1. The zero-order valence-electron chi connectivity index (χ0n) is 17.1. The lowest BCUT2D eigenvalue weighted by Gasteiger charge is -2.27. The molecular weight excluding hydrogens is 532 g/mol. The number of rotatable bonds is 6. The van der Waals surface area contributed by atoms with Gasteiger partial charge in [0.15, 0.2) is 11.5 Å². The van der Waals surface area contributed by atoms with Crippen molar-refractivity contribution in [2.45, 2.75) is 20.8 Å². The molecule has 0 saturated carbocycles. The number of nitrogens with zero attached hydrogens (tertiary/aromatic N) is 1. The summed E-state index contributed by atoms with van der Waals surface area (Å²) in [6, 6.07) is 7.75. The van der Waals surface area contributed by atoms with Crippen LogP contribution < -0.4 is 19.7 Å². The summed E-state index contributed by atoms with van der Waals surface area (Å²) in [7, 11) is 0. The predicted molar refractivity (Wildman–Crippen MR) is 124 cm³/mol. The minimum atomic E-state index is -0.791. The highest BCUT2D eigenvalue weighted by Crippen LogP contribution is 2.38. The van der Waals surface area contributed by atoms with E-state index in [1.165, 1.54) is 6.08 Å². The number of carbonyl (C=O) groups is 3. The smallest absolute Gasteiger partial charge is 0.335 e. The molecular formula is C22H20Br2N2O5. The number of anilines is 1. The van der Waals surface area contributed by atoms with Crippen molar-refractivity contribution in [2.24, 2.45) is 0 Å². The molecule has 0 atom stereocenters. The minimum Gasteiger partial charge on any atom is -0.490 e. The Bertz CT molecular complexity index is 1100. The SMILES string of the molecule is CCOc1cc(/C=C2/C(=O)NC(=O)N(c3ccc(Br)cc3C)C2=O)cc(Br)c1OCC. The number of imide groups is 2. The highest BCUT2D eigenvalue weighted by atomic mass is 79.9. The molecule has 2 aromatic carbocycles. The van der Waals surface area contributed by atoms with E-state index in [-0.39, 0.29) is 5.57 Å². The van der Waals surface area contributed by atoms with E-state index in [1.54, 1.807) is 37.3 Å². The summed E-state index contributed by atoms with van der Waals surface area (Å²) in [5.74, 6) is -0.453. The summed E-state index contributed by atoms with van der Waals surface area (Å²) in [6.45, 7) is 6.34. The number of nitrogens with one attached hydrogen (secondary N) is 1. The maximum atomic E-state index is 13.1. The number of amides is 4. The van der Waals surface area contributed by atoms with Gasteiger partial charge in [-0.25, -0.2) is 9.69 Å². The molecule has 4 amide bonds. The molecule has 3 rings (SSSR count). The first-order valence-corrected chi connectivity index (χ1v) is 11.1. The van der Waals surface area contributed by atoms with Crippen molar-refractivity contribution < 1.29 is 23.9 Å². The van der Waals surface area contributed by atoms with Crippen LogP contribution in [0.4, 0.5) is 10.5 Å². The highest BCUT2D eigenvalue weighted by Gasteiger charge is 2.37. The topological polar surface area (TPSA) is 84.9 Å². The van der Waals surface area contributed by atoms with Crippen LogP contribution in [0, 0.1) is 6.92 Å². The Morgan fingerprint density at radius 2 is 1.74 bits per heavy atom. The van der Waals surface area contributed by atoms with Crippen molar-refractivity contribution in [2.75, 3.05) is 18.1 Å². The van der Waals surface area contributed by atoms with Crippen LogP contribution >= 0.6 is 31.9 Å². The third-order valence-electron chi connectivity index (χ3n) is 4.43. The Morgan fingerprint density at radius 3 is 2.39 bits per heavy atom. The van der Waals surface area contributed by atoms with Gasteiger partial charge >= 0.3 is 6.03 Å². The van der Waals surface area contributed by atoms with Crippen LogP contribution in [0.2, 0.25) is 0 Å². The zero-order valence-corrected chi connectivity index (χ0v) is 20.3. The Hall–Kier alpha value is -2.65. The van der Waals surface area contributed by atoms with Crippen molar-refractivity contribution in [3.8, 4) is 11.5 Å². The summed E-state index contributed by atoms with van der Waals surface area (Å²) in [6.07, 6.45) is 1.42. The molecule has 0 bridgehead atoms. The average molecular weight is 552 g/mol. The van der Waals surface area contributed by atoms with Gasteiger partial charge < -0.3 is 9.47 Å². The first kappa shape index (κ1) is 23.0. The molecule has 1 aliphatic heterocycles. The fraction of sp³-hybridized carbons (Fsp3) is 0.227. The quantitative estimate of drug-likeness (QED) is 0.404. The molecule has 7 nitrogen and oxygen atoms in total. The van der Waals surface area contributed by atoms with Gasteiger partial charge in [-0.05, 0) is 84.2 Å². The summed E-state index contributed by atoms with van der Waals surface area (Å²) < 4.78 is 12.7. The van der Waals surface area contributed by atoms with Crippen molar-refractivity contribution >= 4 is 61.5 Å². The van der Waals surface area contributed by atoms with E-state index in [1.807, 2.05) is 13.8 Å². The second-order valence-corrected chi connectivity index (χ2v) is 8.35. The second kappa shape index (κ2) is 9.65. The summed E-state index contributed by atoms with van der Waals surface area (Å²) in [5, 5.41) is 2.24. The molecule has 0 spiro atoms. The van der Waals surface area contributed by atoms with Gasteiger partial charge in [0.05, 0.1) is 23.4 Å². The molecule has 1 aliphatic rings. The van der Waals surface area contributed by atoms with Gasteiger partial charge in [-0.3, -0.25) is 14.9 Å². The van der Waals surface area contributed by atoms with Crippen molar-refractivity contribution in [1.29, 1.82) is 0 Å². The molecule has 1 saturated heterocycles. The summed E-state index contributed by atoms with van der Waals surface area (Å²) >= 11 is 6.81. The number of urea groups is 1. The van der Waals surface area contributed by atoms with Gasteiger partial charge in [0, 0.05) is 4.47 Å². The van der Waals surface area contributed by atoms with Crippen LogP contribution in [0.15, 0.2) is 44.9 Å². The summed E-state index contributed by atoms with van der Waals surface area (Å²) in [5.41, 5.74) is 1.47. The van der Waals surface area contributed by atoms with Crippen LogP contribution in [0.1, 0.15) is 25.0 Å². The minimum absolute atomic E-state index is 0.166. The lowest BCUT2D eigenvalue weighted by atomic mass is 10.1. The average Bonchev–Trinajstić information content (AvgIpc) is 2.69. The van der Waals surface area contributed by atoms with E-state index >= 15 is 0 Å². The lowest BCUT2D eigenvalue weighted by molar-refractivity contribution is -0.122. The molecule has 31 heavy (non-hydrogen) atoms. The fourth-order valence-corrected chi connectivity index (χ4v) is 4.18. The number of hydrogen-bond acceptors (Lipinski definition) is 5. The number of ether oxygens (including phenoxy) is 2. The first-order chi connectivity index (χ1) is 14.8. The zero-order chi connectivity index (χ0) is 22.7. The third kappa shape index (κ3) is 4.83. The van der Waals surface area contributed by atoms with Gasteiger partial charge in [-0.15, -0.1) is 0 Å². The number of carbonyl (C=O) groups excluding carboxylic acids is 3. The van der Waals surface area contributed by atoms with E-state index in [0.717, 1.165) is 9.37 Å². The Balaban J connectivity index is 2.06. The van der Waals surface area contributed by atoms with Gasteiger partial charge in [0.2, 0.25) is 0 Å². The molecule has 1 N–H and O–H groups in total. The predicted octanol–water partition coefficient (Wildman–Crippen LogP) is 4.98. The van der Waals surface area contributed by atoms with E-state index < -0.39 is 17.8 Å². The van der Waals surface area contributed by atoms with E-state index in [9.17, 15) is 14.4 Å². The number of aryl methyl sites for hydroxylation is 1. The molecule has 0 unspecified atom stereocenters. The summed E-state index contributed by atoms with van der Waals surface area (Å²) in [4.78, 5) is 39.0. The number of benzene rings is 2. The number of barbiturate groups is 1. The van der Waals surface area contributed by atoms with Crippen molar-refractivity contribution in [1.82, 2.24) is 5.32 Å². The van der Waals surface area contributed by atoms with E-state index in [0.29, 0.717) is 46.0 Å². The highest BCUT2D eigenvalue weighted by molar-refractivity contribution is 9.10. The van der Waals surface area contributed by atoms with Crippen LogP contribution in [-0.2, 0) is 9.59 Å². The fourth-order valence-electron chi connectivity index (χ4n) is 3.13. The number of halogens is 2. The van der Waals surface area contributed by atoms with Gasteiger partial charge in [-0.1, -0.05) is 15.9 Å². The molecule has 162 valence electrons. The molecule has 2 aromatic rings. The molecule has 0 radical (unpaired) electrons. The van der Waals surface area contributed by atoms with Crippen molar-refractivity contribution in [3.05, 3.63) is 56.0 Å². The Labute approximate surface area is 196 Å². The lowest BCUT2D eigenvalue weighted by Crippen LogP contribution is -2.54. The van der Waals surface area contributed by atoms with Gasteiger partial charge in [0.25, 0.3) is 11.8 Å². The maximum absolute atomic E-state index is 13.1. The molecule has 1 fully saturated rings. The standard InChI is InChI=1S/C22H20Br2N2O5/c1-4-30-18-11-13(10-16(24)19(18)31-5-2)9-15-20(27)25-22(29)26(21(15)28)17-7-6-14(23)8-12(17)3/h6-11H,4-5H2,1-3H3,(H,25,27,29)/b15-9-. The van der Waals surface area contributed by atoms with Gasteiger partial charge in [0.1, 0.15) is 5.57 Å². The van der Waals surface area contributed by atoms with Gasteiger partial charge in [-0.2, -0.15) is 0 Å². The van der Waals surface area contributed by atoms with Crippen LogP contribution in [0.25, 0.3) is 6.08 Å². The largest absolute Gasteiger partial charge is 0.490 e. The van der Waals surface area contributed by atoms with Crippen LogP contribution in [-0.4, -0.2) is 31.1 Å². The third-order valence-corrected chi connectivity index (χ3v) is 5.52. The molecule has 0 aromatic heterocycles. The van der Waals surface area contributed by atoms with Crippen LogP contribution in [0.3, 0.4) is 0 Å². The molecule has 9 heteroatoms. The molecule has 0 aliphatic carbocycles. The Morgan fingerprint density at radius 1 is 1.03 bits per heavy atom.